The lowest BCUT2D eigenvalue weighted by atomic mass is 9.96. The predicted molar refractivity (Wildman–Crippen MR) is 98.7 cm³/mol. The summed E-state index contributed by atoms with van der Waals surface area (Å²) in [5.74, 6) is 0.0714. The largest absolute Gasteiger partial charge is 0.444 e. The van der Waals surface area contributed by atoms with Gasteiger partial charge in [-0.3, -0.25) is 4.79 Å². The molecule has 0 bridgehead atoms. The van der Waals surface area contributed by atoms with Crippen LogP contribution in [0.1, 0.15) is 49.5 Å². The van der Waals surface area contributed by atoms with Gasteiger partial charge in [-0.15, -0.1) is 0 Å². The van der Waals surface area contributed by atoms with E-state index in [1.165, 1.54) is 0 Å². The zero-order valence-electron chi connectivity index (χ0n) is 15.6. The van der Waals surface area contributed by atoms with E-state index >= 15 is 0 Å². The van der Waals surface area contributed by atoms with E-state index < -0.39 is 11.5 Å². The molecule has 1 aliphatic heterocycles. The van der Waals surface area contributed by atoms with Gasteiger partial charge in [-0.05, 0) is 64.2 Å². The van der Waals surface area contributed by atoms with Gasteiger partial charge >= 0.3 is 6.09 Å². The maximum absolute atomic E-state index is 12.1. The normalized spacial score (nSPS) is 15.8. The average molecular weight is 347 g/mol. The topological polar surface area (TPSA) is 84.7 Å². The molecular weight excluding hydrogens is 318 g/mol. The number of carbonyl (C=O) groups excluding carboxylic acids is 2. The van der Waals surface area contributed by atoms with Crippen LogP contribution in [0.4, 0.5) is 10.5 Å². The number of anilines is 1. The van der Waals surface area contributed by atoms with Crippen LogP contribution in [-0.4, -0.2) is 42.1 Å². The minimum Gasteiger partial charge on any atom is -0.444 e. The second-order valence-corrected chi connectivity index (χ2v) is 7.63. The van der Waals surface area contributed by atoms with Gasteiger partial charge < -0.3 is 20.7 Å². The first-order valence-electron chi connectivity index (χ1n) is 8.78. The fourth-order valence-electron chi connectivity index (χ4n) is 2.99. The van der Waals surface area contributed by atoms with Crippen molar-refractivity contribution in [2.75, 3.05) is 25.0 Å². The molecule has 25 heavy (non-hydrogen) atoms. The highest BCUT2D eigenvalue weighted by atomic mass is 16.6. The van der Waals surface area contributed by atoms with Crippen LogP contribution in [0.3, 0.4) is 0 Å². The standard InChI is InChI=1S/C19H29N3O3/c1-13-15(17(20)23)6-5-7-16(13)21-12-14-8-10-22(11-9-14)18(24)25-19(2,3)4/h5-7,14,21H,8-12H2,1-4H3,(H2,20,23). The SMILES string of the molecule is Cc1c(NCC2CCN(C(=O)OC(C)(C)C)CC2)cccc1C(N)=O. The fourth-order valence-corrected chi connectivity index (χ4v) is 2.99. The van der Waals surface area contributed by atoms with Crippen molar-refractivity contribution in [2.45, 2.75) is 46.1 Å². The quantitative estimate of drug-likeness (QED) is 0.876. The molecular formula is C19H29N3O3. The molecule has 0 unspecified atom stereocenters. The minimum absolute atomic E-state index is 0.232. The first-order valence-corrected chi connectivity index (χ1v) is 8.78. The molecule has 3 N–H and O–H groups in total. The van der Waals surface area contributed by atoms with E-state index in [9.17, 15) is 9.59 Å². The Balaban J connectivity index is 1.84. The molecule has 0 aliphatic carbocycles. The third kappa shape index (κ3) is 5.37. The van der Waals surface area contributed by atoms with Gasteiger partial charge in [-0.1, -0.05) is 6.07 Å². The van der Waals surface area contributed by atoms with Crippen molar-refractivity contribution in [3.8, 4) is 0 Å². The van der Waals surface area contributed by atoms with Crippen molar-refractivity contribution >= 4 is 17.7 Å². The number of carbonyl (C=O) groups is 2. The predicted octanol–water partition coefficient (Wildman–Crippen LogP) is 3.15. The Morgan fingerprint density at radius 3 is 2.48 bits per heavy atom. The van der Waals surface area contributed by atoms with Crippen molar-refractivity contribution in [3.05, 3.63) is 29.3 Å². The minimum atomic E-state index is -0.460. The molecule has 6 heteroatoms. The number of nitrogens with two attached hydrogens (primary N) is 1. The van der Waals surface area contributed by atoms with Gasteiger partial charge in [0.2, 0.25) is 5.91 Å². The Bertz CT molecular complexity index is 629. The van der Waals surface area contributed by atoms with E-state index in [-0.39, 0.29) is 6.09 Å². The maximum Gasteiger partial charge on any atom is 0.410 e. The van der Waals surface area contributed by atoms with Gasteiger partial charge in [-0.2, -0.15) is 0 Å². The third-order valence-electron chi connectivity index (χ3n) is 4.45. The lowest BCUT2D eigenvalue weighted by Crippen LogP contribution is -2.42. The summed E-state index contributed by atoms with van der Waals surface area (Å²) in [6, 6.07) is 5.53. The van der Waals surface area contributed by atoms with Crippen molar-refractivity contribution in [1.29, 1.82) is 0 Å². The van der Waals surface area contributed by atoms with Gasteiger partial charge in [0.1, 0.15) is 5.60 Å². The number of hydrogen-bond donors (Lipinski definition) is 2. The highest BCUT2D eigenvalue weighted by Gasteiger charge is 2.26. The molecule has 6 nitrogen and oxygen atoms in total. The van der Waals surface area contributed by atoms with E-state index in [1.807, 2.05) is 39.8 Å². The molecule has 1 fully saturated rings. The molecule has 1 saturated heterocycles. The van der Waals surface area contributed by atoms with Crippen LogP contribution in [0, 0.1) is 12.8 Å². The Hall–Kier alpha value is -2.24. The molecule has 0 atom stereocenters. The summed E-state index contributed by atoms with van der Waals surface area (Å²) in [5, 5.41) is 3.42. The van der Waals surface area contributed by atoms with Crippen molar-refractivity contribution in [1.82, 2.24) is 4.90 Å². The number of primary amides is 1. The summed E-state index contributed by atoms with van der Waals surface area (Å²) in [5.41, 5.74) is 7.29. The fraction of sp³-hybridized carbons (Fsp3) is 0.579. The number of benzene rings is 1. The van der Waals surface area contributed by atoms with Crippen molar-refractivity contribution in [3.63, 3.8) is 0 Å². The van der Waals surface area contributed by atoms with E-state index in [0.717, 1.165) is 30.6 Å². The first kappa shape index (κ1) is 19.1. The summed E-state index contributed by atoms with van der Waals surface area (Å²) in [6.07, 6.45) is 1.63. The second kappa shape index (κ2) is 7.76. The van der Waals surface area contributed by atoms with Crippen LogP contribution in [0.5, 0.6) is 0 Å². The van der Waals surface area contributed by atoms with Crippen LogP contribution < -0.4 is 11.1 Å². The maximum atomic E-state index is 12.1. The monoisotopic (exact) mass is 347 g/mol. The zero-order chi connectivity index (χ0) is 18.6. The van der Waals surface area contributed by atoms with Gasteiger partial charge in [-0.25, -0.2) is 4.79 Å². The summed E-state index contributed by atoms with van der Waals surface area (Å²) in [4.78, 5) is 25.3. The number of nitrogens with zero attached hydrogens (tertiary/aromatic N) is 1. The first-order chi connectivity index (χ1) is 11.7. The highest BCUT2D eigenvalue weighted by molar-refractivity contribution is 5.95. The van der Waals surface area contributed by atoms with Crippen molar-refractivity contribution in [2.24, 2.45) is 11.7 Å². The Morgan fingerprint density at radius 1 is 1.28 bits per heavy atom. The van der Waals surface area contributed by atoms with Gasteiger partial charge in [0.05, 0.1) is 0 Å². The Labute approximate surface area is 149 Å². The Morgan fingerprint density at radius 2 is 1.92 bits per heavy atom. The molecule has 0 saturated carbocycles. The van der Waals surface area contributed by atoms with Gasteiger partial charge in [0.15, 0.2) is 0 Å². The van der Waals surface area contributed by atoms with Gasteiger partial charge in [0, 0.05) is 30.9 Å². The van der Waals surface area contributed by atoms with Crippen molar-refractivity contribution < 1.29 is 14.3 Å². The molecule has 1 aromatic carbocycles. The lowest BCUT2D eigenvalue weighted by Gasteiger charge is -2.33. The van der Waals surface area contributed by atoms with Crippen LogP contribution in [0.2, 0.25) is 0 Å². The van der Waals surface area contributed by atoms with Crippen LogP contribution >= 0.6 is 0 Å². The molecule has 0 radical (unpaired) electrons. The molecule has 2 rings (SSSR count). The zero-order valence-corrected chi connectivity index (χ0v) is 15.6. The number of piperidine rings is 1. The second-order valence-electron chi connectivity index (χ2n) is 7.63. The number of hydrogen-bond acceptors (Lipinski definition) is 4. The van der Waals surface area contributed by atoms with E-state index in [4.69, 9.17) is 10.5 Å². The van der Waals surface area contributed by atoms with Gasteiger partial charge in [0.25, 0.3) is 0 Å². The smallest absolute Gasteiger partial charge is 0.410 e. The van der Waals surface area contributed by atoms with E-state index in [2.05, 4.69) is 5.32 Å². The van der Waals surface area contributed by atoms with E-state index in [0.29, 0.717) is 24.6 Å². The van der Waals surface area contributed by atoms with Crippen LogP contribution in [-0.2, 0) is 4.74 Å². The summed E-state index contributed by atoms with van der Waals surface area (Å²) in [7, 11) is 0. The van der Waals surface area contributed by atoms with E-state index in [1.54, 1.807) is 11.0 Å². The Kier molecular flexibility index (Phi) is 5.93. The van der Waals surface area contributed by atoms with Crippen LogP contribution in [0.25, 0.3) is 0 Å². The number of likely N-dealkylation sites (tertiary alicyclic amines) is 1. The molecule has 1 aliphatic rings. The summed E-state index contributed by atoms with van der Waals surface area (Å²) in [6.45, 7) is 9.76. The number of rotatable bonds is 4. The number of nitrogens with one attached hydrogen (secondary N) is 1. The summed E-state index contributed by atoms with van der Waals surface area (Å²) >= 11 is 0. The molecule has 0 aromatic heterocycles. The highest BCUT2D eigenvalue weighted by Crippen LogP contribution is 2.23. The molecule has 138 valence electrons. The average Bonchev–Trinajstić information content (AvgIpc) is 2.52. The van der Waals surface area contributed by atoms with Crippen LogP contribution in [0.15, 0.2) is 18.2 Å². The lowest BCUT2D eigenvalue weighted by molar-refractivity contribution is 0.0188. The molecule has 0 spiro atoms. The summed E-state index contributed by atoms with van der Waals surface area (Å²) < 4.78 is 5.42. The number of ether oxygens (including phenoxy) is 1. The number of amides is 2. The molecule has 1 aromatic rings. The molecule has 1 heterocycles. The third-order valence-corrected chi connectivity index (χ3v) is 4.45. The molecule has 2 amide bonds.